The molecule has 1 fully saturated rings. The first kappa shape index (κ1) is 22.0. The van der Waals surface area contributed by atoms with E-state index in [0.29, 0.717) is 11.3 Å². The monoisotopic (exact) mass is 447 g/mol. The Morgan fingerprint density at radius 2 is 1.64 bits per heavy atom. The van der Waals surface area contributed by atoms with Gasteiger partial charge in [-0.05, 0) is 55.3 Å². The van der Waals surface area contributed by atoms with Crippen molar-refractivity contribution in [3.8, 4) is 5.75 Å². The zero-order valence-electron chi connectivity index (χ0n) is 17.6. The van der Waals surface area contributed by atoms with E-state index in [0.717, 1.165) is 12.8 Å². The molecule has 3 aromatic carbocycles. The molecule has 3 amide bonds. The van der Waals surface area contributed by atoms with E-state index in [2.05, 4.69) is 16.0 Å². The number of anilines is 2. The quantitative estimate of drug-likeness (QED) is 0.487. The highest BCUT2D eigenvalue weighted by molar-refractivity contribution is 6.07. The number of carbonyl (C=O) groups excluding carboxylic acids is 3. The second kappa shape index (κ2) is 9.95. The largest absolute Gasteiger partial charge is 0.483 e. The Kier molecular flexibility index (Phi) is 6.64. The maximum absolute atomic E-state index is 13.7. The summed E-state index contributed by atoms with van der Waals surface area (Å²) in [5.74, 6) is -1.57. The van der Waals surface area contributed by atoms with Crippen molar-refractivity contribution >= 4 is 29.1 Å². The Hall–Kier alpha value is -4.20. The van der Waals surface area contributed by atoms with Gasteiger partial charge in [-0.1, -0.05) is 30.3 Å². The number of hydrogen-bond acceptors (Lipinski definition) is 4. The molecule has 1 saturated carbocycles. The molecule has 0 bridgehead atoms. The molecule has 3 aromatic rings. The molecule has 1 aliphatic carbocycles. The van der Waals surface area contributed by atoms with E-state index >= 15 is 0 Å². The van der Waals surface area contributed by atoms with Crippen molar-refractivity contribution in [1.29, 1.82) is 0 Å². The molecule has 3 N–H and O–H groups in total. The van der Waals surface area contributed by atoms with Gasteiger partial charge in [0.25, 0.3) is 17.7 Å². The van der Waals surface area contributed by atoms with Gasteiger partial charge in [0.15, 0.2) is 6.61 Å². The summed E-state index contributed by atoms with van der Waals surface area (Å²) < 4.78 is 19.2. The molecule has 4 rings (SSSR count). The van der Waals surface area contributed by atoms with Gasteiger partial charge in [0.05, 0.1) is 11.3 Å². The molecule has 0 atom stereocenters. The van der Waals surface area contributed by atoms with E-state index in [4.69, 9.17) is 4.74 Å². The van der Waals surface area contributed by atoms with E-state index < -0.39 is 24.2 Å². The van der Waals surface area contributed by atoms with Crippen LogP contribution in [-0.4, -0.2) is 30.4 Å². The molecule has 0 spiro atoms. The van der Waals surface area contributed by atoms with Crippen molar-refractivity contribution in [2.45, 2.75) is 18.9 Å². The molecular weight excluding hydrogens is 425 g/mol. The van der Waals surface area contributed by atoms with Gasteiger partial charge in [-0.3, -0.25) is 14.4 Å². The molecule has 0 heterocycles. The van der Waals surface area contributed by atoms with Gasteiger partial charge in [0, 0.05) is 17.3 Å². The highest BCUT2D eigenvalue weighted by Gasteiger charge is 2.24. The van der Waals surface area contributed by atoms with Gasteiger partial charge in [-0.2, -0.15) is 0 Å². The van der Waals surface area contributed by atoms with E-state index in [1.54, 1.807) is 54.6 Å². The second-order valence-corrected chi connectivity index (χ2v) is 7.60. The number of benzene rings is 3. The second-order valence-electron chi connectivity index (χ2n) is 7.60. The van der Waals surface area contributed by atoms with Crippen LogP contribution < -0.4 is 20.7 Å². The topological polar surface area (TPSA) is 96.5 Å². The average molecular weight is 447 g/mol. The highest BCUT2D eigenvalue weighted by Crippen LogP contribution is 2.22. The van der Waals surface area contributed by atoms with Crippen molar-refractivity contribution in [2.24, 2.45) is 0 Å². The maximum atomic E-state index is 13.7. The van der Waals surface area contributed by atoms with E-state index in [9.17, 15) is 18.8 Å². The van der Waals surface area contributed by atoms with Crippen LogP contribution in [0, 0.1) is 5.82 Å². The van der Waals surface area contributed by atoms with E-state index in [1.807, 2.05) is 0 Å². The fourth-order valence-corrected chi connectivity index (χ4v) is 3.11. The Balaban J connectivity index is 1.39. The molecule has 33 heavy (non-hydrogen) atoms. The zero-order chi connectivity index (χ0) is 23.2. The van der Waals surface area contributed by atoms with E-state index in [1.165, 1.54) is 18.2 Å². The number of carbonyl (C=O) groups is 3. The molecule has 1 aliphatic rings. The normalized spacial score (nSPS) is 12.5. The van der Waals surface area contributed by atoms with Gasteiger partial charge in [0.1, 0.15) is 11.6 Å². The predicted molar refractivity (Wildman–Crippen MR) is 122 cm³/mol. The number of nitrogens with one attached hydrogen (secondary N) is 3. The number of halogens is 1. The Labute approximate surface area is 190 Å². The summed E-state index contributed by atoms with van der Waals surface area (Å²) in [6.07, 6.45) is 1.97. The van der Waals surface area contributed by atoms with Crippen LogP contribution in [0.1, 0.15) is 33.6 Å². The van der Waals surface area contributed by atoms with Gasteiger partial charge >= 0.3 is 0 Å². The third-order valence-corrected chi connectivity index (χ3v) is 4.93. The summed E-state index contributed by atoms with van der Waals surface area (Å²) in [7, 11) is 0. The molecule has 8 heteroatoms. The van der Waals surface area contributed by atoms with Gasteiger partial charge < -0.3 is 20.7 Å². The summed E-state index contributed by atoms with van der Waals surface area (Å²) in [6, 6.07) is 19.1. The van der Waals surface area contributed by atoms with Crippen LogP contribution in [0.2, 0.25) is 0 Å². The minimum absolute atomic E-state index is 0.0442. The van der Waals surface area contributed by atoms with Crippen molar-refractivity contribution in [3.05, 3.63) is 89.7 Å². The molecule has 168 valence electrons. The summed E-state index contributed by atoms with van der Waals surface area (Å²) in [6.45, 7) is -0.407. The fourth-order valence-electron chi connectivity index (χ4n) is 3.11. The van der Waals surface area contributed by atoms with Crippen molar-refractivity contribution in [3.63, 3.8) is 0 Å². The number of ether oxygens (including phenoxy) is 1. The van der Waals surface area contributed by atoms with Gasteiger partial charge in [0.2, 0.25) is 0 Å². The average Bonchev–Trinajstić information content (AvgIpc) is 3.63. The molecule has 0 saturated heterocycles. The van der Waals surface area contributed by atoms with Gasteiger partial charge in [-0.25, -0.2) is 4.39 Å². The third kappa shape index (κ3) is 5.94. The van der Waals surface area contributed by atoms with Crippen LogP contribution >= 0.6 is 0 Å². The smallest absolute Gasteiger partial charge is 0.262 e. The number of hydrogen-bond donors (Lipinski definition) is 3. The van der Waals surface area contributed by atoms with Crippen LogP contribution in [0.15, 0.2) is 72.8 Å². The van der Waals surface area contributed by atoms with Crippen molar-refractivity contribution in [1.82, 2.24) is 5.32 Å². The summed E-state index contributed by atoms with van der Waals surface area (Å²) in [4.78, 5) is 37.2. The Bertz CT molecular complexity index is 1190. The lowest BCUT2D eigenvalue weighted by Crippen LogP contribution is -2.25. The Morgan fingerprint density at radius 3 is 2.42 bits per heavy atom. The van der Waals surface area contributed by atoms with E-state index in [-0.39, 0.29) is 28.9 Å². The summed E-state index contributed by atoms with van der Waals surface area (Å²) in [5.41, 5.74) is 1.16. The molecule has 0 radical (unpaired) electrons. The van der Waals surface area contributed by atoms with Crippen LogP contribution in [0.4, 0.5) is 15.8 Å². The first-order chi connectivity index (χ1) is 16.0. The van der Waals surface area contributed by atoms with Crippen LogP contribution in [-0.2, 0) is 4.79 Å². The lowest BCUT2D eigenvalue weighted by Gasteiger charge is -2.12. The third-order valence-electron chi connectivity index (χ3n) is 4.93. The van der Waals surface area contributed by atoms with Crippen molar-refractivity contribution < 1.29 is 23.5 Å². The van der Waals surface area contributed by atoms with Gasteiger partial charge in [-0.15, -0.1) is 0 Å². The Morgan fingerprint density at radius 1 is 0.879 bits per heavy atom. The molecule has 0 aromatic heterocycles. The highest BCUT2D eigenvalue weighted by atomic mass is 19.1. The SMILES string of the molecule is O=C(COc1ccccc1C(=O)Nc1cccc(C(=O)NC2CC2)c1)Nc1ccccc1F. The maximum Gasteiger partial charge on any atom is 0.262 e. The fraction of sp³-hybridized carbons (Fsp3) is 0.160. The minimum atomic E-state index is -0.565. The lowest BCUT2D eigenvalue weighted by atomic mass is 10.1. The summed E-state index contributed by atoms with van der Waals surface area (Å²) in [5, 5.41) is 8.08. The number of amides is 3. The van der Waals surface area contributed by atoms with Crippen LogP contribution in [0.3, 0.4) is 0 Å². The molecule has 0 unspecified atom stereocenters. The minimum Gasteiger partial charge on any atom is -0.483 e. The first-order valence-electron chi connectivity index (χ1n) is 10.5. The van der Waals surface area contributed by atoms with Crippen LogP contribution in [0.25, 0.3) is 0 Å². The molecule has 0 aliphatic heterocycles. The standard InChI is InChI=1S/C25H22FN3O4/c26-20-9-2-3-10-21(20)29-23(30)15-33-22-11-4-1-8-19(22)25(32)28-18-7-5-6-16(14-18)24(31)27-17-12-13-17/h1-11,14,17H,12-13,15H2,(H,27,31)(H,28,32)(H,29,30). The summed E-state index contributed by atoms with van der Waals surface area (Å²) >= 11 is 0. The first-order valence-corrected chi connectivity index (χ1v) is 10.5. The number of rotatable bonds is 8. The molecular formula is C25H22FN3O4. The van der Waals surface area contributed by atoms with Crippen LogP contribution in [0.5, 0.6) is 5.75 Å². The van der Waals surface area contributed by atoms with Crippen molar-refractivity contribution in [2.75, 3.05) is 17.2 Å². The zero-order valence-corrected chi connectivity index (χ0v) is 17.6. The number of para-hydroxylation sites is 2. The predicted octanol–water partition coefficient (Wildman–Crippen LogP) is 3.99. The lowest BCUT2D eigenvalue weighted by molar-refractivity contribution is -0.118. The molecule has 7 nitrogen and oxygen atoms in total.